The summed E-state index contributed by atoms with van der Waals surface area (Å²) in [5, 5.41) is 0. The van der Waals surface area contributed by atoms with Gasteiger partial charge in [-0.15, -0.1) is 0 Å². The van der Waals surface area contributed by atoms with Gasteiger partial charge in [0.15, 0.2) is 0 Å². The third-order valence-electron chi connectivity index (χ3n) is 3.69. The number of hydrogen-bond donors (Lipinski definition) is 0. The van der Waals surface area contributed by atoms with Crippen molar-refractivity contribution in [2.45, 2.75) is 32.1 Å². The van der Waals surface area contributed by atoms with Crippen molar-refractivity contribution in [3.63, 3.8) is 0 Å². The van der Waals surface area contributed by atoms with Gasteiger partial charge in [0.1, 0.15) is 0 Å². The standard InChI is InChI=1S/C14H28N2O2/c1-15(2)9-4-5-14(17)16-10-6-13(7-11-16)8-12-18-3/h13H,4-12H2,1-3H3. The Bertz CT molecular complexity index is 236. The molecule has 0 N–H and O–H groups in total. The highest BCUT2D eigenvalue weighted by Gasteiger charge is 2.21. The van der Waals surface area contributed by atoms with Crippen molar-refractivity contribution in [2.75, 3.05) is 47.4 Å². The van der Waals surface area contributed by atoms with Crippen LogP contribution in [-0.4, -0.2) is 63.2 Å². The molecule has 0 atom stereocenters. The van der Waals surface area contributed by atoms with Crippen LogP contribution in [0.5, 0.6) is 0 Å². The van der Waals surface area contributed by atoms with E-state index in [-0.39, 0.29) is 0 Å². The van der Waals surface area contributed by atoms with Gasteiger partial charge in [0, 0.05) is 33.2 Å². The lowest BCUT2D eigenvalue weighted by Crippen LogP contribution is -2.38. The van der Waals surface area contributed by atoms with Crippen LogP contribution in [0.3, 0.4) is 0 Å². The van der Waals surface area contributed by atoms with Gasteiger partial charge in [-0.25, -0.2) is 0 Å². The Labute approximate surface area is 111 Å². The average molecular weight is 256 g/mol. The fourth-order valence-corrected chi connectivity index (χ4v) is 2.46. The van der Waals surface area contributed by atoms with E-state index in [0.29, 0.717) is 12.3 Å². The Morgan fingerprint density at radius 2 is 2.00 bits per heavy atom. The molecule has 1 aliphatic rings. The number of rotatable bonds is 7. The average Bonchev–Trinajstić information content (AvgIpc) is 2.36. The predicted octanol–water partition coefficient (Wildman–Crippen LogP) is 1.60. The Kier molecular flexibility index (Phi) is 7.28. The molecule has 1 saturated heterocycles. The molecular formula is C14H28N2O2. The minimum absolute atomic E-state index is 0.335. The van der Waals surface area contributed by atoms with Crippen molar-refractivity contribution >= 4 is 5.91 Å². The summed E-state index contributed by atoms with van der Waals surface area (Å²) >= 11 is 0. The van der Waals surface area contributed by atoms with Crippen LogP contribution in [-0.2, 0) is 9.53 Å². The molecule has 0 radical (unpaired) electrons. The first kappa shape index (κ1) is 15.4. The molecule has 0 unspecified atom stereocenters. The molecule has 1 heterocycles. The molecule has 0 spiro atoms. The molecule has 1 aliphatic heterocycles. The van der Waals surface area contributed by atoms with Gasteiger partial charge in [0.05, 0.1) is 0 Å². The summed E-state index contributed by atoms with van der Waals surface area (Å²) in [5.74, 6) is 1.08. The van der Waals surface area contributed by atoms with Crippen LogP contribution < -0.4 is 0 Å². The quantitative estimate of drug-likeness (QED) is 0.693. The minimum Gasteiger partial charge on any atom is -0.385 e. The molecule has 0 aromatic carbocycles. The van der Waals surface area contributed by atoms with E-state index in [1.54, 1.807) is 7.11 Å². The van der Waals surface area contributed by atoms with Crippen molar-refractivity contribution in [1.29, 1.82) is 0 Å². The van der Waals surface area contributed by atoms with Crippen molar-refractivity contribution < 1.29 is 9.53 Å². The number of likely N-dealkylation sites (tertiary alicyclic amines) is 1. The van der Waals surface area contributed by atoms with E-state index in [0.717, 1.165) is 57.8 Å². The first-order valence-corrected chi connectivity index (χ1v) is 7.05. The number of hydrogen-bond acceptors (Lipinski definition) is 3. The maximum absolute atomic E-state index is 12.0. The molecule has 4 heteroatoms. The van der Waals surface area contributed by atoms with Gasteiger partial charge in [-0.1, -0.05) is 0 Å². The van der Waals surface area contributed by atoms with Crippen molar-refractivity contribution in [1.82, 2.24) is 9.80 Å². The first-order valence-electron chi connectivity index (χ1n) is 7.05. The lowest BCUT2D eigenvalue weighted by molar-refractivity contribution is -0.132. The number of carbonyl (C=O) groups excluding carboxylic acids is 1. The molecule has 0 aliphatic carbocycles. The van der Waals surface area contributed by atoms with Gasteiger partial charge >= 0.3 is 0 Å². The van der Waals surface area contributed by atoms with Gasteiger partial charge in [0.2, 0.25) is 5.91 Å². The first-order chi connectivity index (χ1) is 8.63. The van der Waals surface area contributed by atoms with Crippen LogP contribution in [0, 0.1) is 5.92 Å². The monoisotopic (exact) mass is 256 g/mol. The zero-order valence-electron chi connectivity index (χ0n) is 12.2. The summed E-state index contributed by atoms with van der Waals surface area (Å²) in [6, 6.07) is 0. The maximum Gasteiger partial charge on any atom is 0.222 e. The van der Waals surface area contributed by atoms with E-state index in [4.69, 9.17) is 4.74 Å². The second-order valence-corrected chi connectivity index (χ2v) is 5.51. The summed E-state index contributed by atoms with van der Waals surface area (Å²) < 4.78 is 5.11. The van der Waals surface area contributed by atoms with E-state index in [1.807, 2.05) is 19.0 Å². The summed E-state index contributed by atoms with van der Waals surface area (Å²) in [7, 11) is 5.85. The molecule has 0 aromatic heterocycles. The van der Waals surface area contributed by atoms with Gasteiger partial charge in [-0.05, 0) is 52.2 Å². The van der Waals surface area contributed by atoms with E-state index in [1.165, 1.54) is 0 Å². The van der Waals surface area contributed by atoms with Crippen LogP contribution in [0.2, 0.25) is 0 Å². The Hall–Kier alpha value is -0.610. The van der Waals surface area contributed by atoms with Crippen molar-refractivity contribution in [3.8, 4) is 0 Å². The second kappa shape index (κ2) is 8.48. The number of nitrogens with zero attached hydrogens (tertiary/aromatic N) is 2. The van der Waals surface area contributed by atoms with Gasteiger partial charge in [-0.3, -0.25) is 4.79 Å². The molecular weight excluding hydrogens is 228 g/mol. The van der Waals surface area contributed by atoms with Gasteiger partial charge < -0.3 is 14.5 Å². The van der Waals surface area contributed by atoms with E-state index in [2.05, 4.69) is 4.90 Å². The molecule has 0 bridgehead atoms. The Balaban J connectivity index is 2.15. The van der Waals surface area contributed by atoms with Crippen LogP contribution in [0.1, 0.15) is 32.1 Å². The number of carbonyl (C=O) groups is 1. The van der Waals surface area contributed by atoms with Crippen LogP contribution in [0.4, 0.5) is 0 Å². The number of amides is 1. The van der Waals surface area contributed by atoms with Crippen LogP contribution >= 0.6 is 0 Å². The number of ether oxygens (including phenoxy) is 1. The van der Waals surface area contributed by atoms with Crippen LogP contribution in [0.15, 0.2) is 0 Å². The van der Waals surface area contributed by atoms with Gasteiger partial charge in [-0.2, -0.15) is 0 Å². The Morgan fingerprint density at radius 1 is 1.33 bits per heavy atom. The fourth-order valence-electron chi connectivity index (χ4n) is 2.46. The van der Waals surface area contributed by atoms with Gasteiger partial charge in [0.25, 0.3) is 0 Å². The molecule has 1 rings (SSSR count). The smallest absolute Gasteiger partial charge is 0.222 e. The zero-order chi connectivity index (χ0) is 13.4. The largest absolute Gasteiger partial charge is 0.385 e. The van der Waals surface area contributed by atoms with Crippen LogP contribution in [0.25, 0.3) is 0 Å². The SMILES string of the molecule is COCCC1CCN(C(=O)CCCN(C)C)CC1. The highest BCUT2D eigenvalue weighted by atomic mass is 16.5. The summed E-state index contributed by atoms with van der Waals surface area (Å²) in [4.78, 5) is 16.2. The molecule has 106 valence electrons. The number of piperidine rings is 1. The second-order valence-electron chi connectivity index (χ2n) is 5.51. The molecule has 18 heavy (non-hydrogen) atoms. The van der Waals surface area contributed by atoms with Crippen molar-refractivity contribution in [2.24, 2.45) is 5.92 Å². The third kappa shape index (κ3) is 5.83. The topological polar surface area (TPSA) is 32.8 Å². The fraction of sp³-hybridized carbons (Fsp3) is 0.929. The lowest BCUT2D eigenvalue weighted by Gasteiger charge is -2.32. The van der Waals surface area contributed by atoms with E-state index in [9.17, 15) is 4.79 Å². The normalized spacial score (nSPS) is 17.4. The molecule has 0 aromatic rings. The van der Waals surface area contributed by atoms with E-state index >= 15 is 0 Å². The summed E-state index contributed by atoms with van der Waals surface area (Å²) in [6.07, 6.45) is 5.08. The predicted molar refractivity (Wildman–Crippen MR) is 73.6 cm³/mol. The molecule has 1 amide bonds. The zero-order valence-corrected chi connectivity index (χ0v) is 12.2. The third-order valence-corrected chi connectivity index (χ3v) is 3.69. The Morgan fingerprint density at radius 3 is 2.56 bits per heavy atom. The number of methoxy groups -OCH3 is 1. The maximum atomic E-state index is 12.0. The lowest BCUT2D eigenvalue weighted by atomic mass is 9.94. The summed E-state index contributed by atoms with van der Waals surface area (Å²) in [6.45, 7) is 3.72. The van der Waals surface area contributed by atoms with E-state index < -0.39 is 0 Å². The minimum atomic E-state index is 0.335. The highest BCUT2D eigenvalue weighted by Crippen LogP contribution is 2.21. The molecule has 4 nitrogen and oxygen atoms in total. The summed E-state index contributed by atoms with van der Waals surface area (Å²) in [5.41, 5.74) is 0. The van der Waals surface area contributed by atoms with Crippen molar-refractivity contribution in [3.05, 3.63) is 0 Å². The molecule has 0 saturated carbocycles. The molecule has 1 fully saturated rings. The highest BCUT2D eigenvalue weighted by molar-refractivity contribution is 5.76.